The van der Waals surface area contributed by atoms with Crippen LogP contribution in [0.1, 0.15) is 37.9 Å². The number of nitrogens with one attached hydrogen (secondary N) is 1. The fourth-order valence-corrected chi connectivity index (χ4v) is 2.47. The van der Waals surface area contributed by atoms with Crippen LogP contribution in [0.5, 0.6) is 0 Å². The molecule has 1 N–H and O–H groups in total. The van der Waals surface area contributed by atoms with Crippen molar-refractivity contribution >= 4 is 5.91 Å². The van der Waals surface area contributed by atoms with Gasteiger partial charge in [-0.05, 0) is 26.2 Å². The smallest absolute Gasteiger partial charge is 0.247 e. The van der Waals surface area contributed by atoms with Crippen LogP contribution in [-0.4, -0.2) is 59.2 Å². The predicted octanol–water partition coefficient (Wildman–Crippen LogP) is 0.588. The number of aromatic nitrogens is 3. The Hall–Kier alpha value is -1.47. The fourth-order valence-electron chi connectivity index (χ4n) is 2.47. The molecule has 7 nitrogen and oxygen atoms in total. The number of ether oxygens (including phenoxy) is 1. The van der Waals surface area contributed by atoms with Gasteiger partial charge in [-0.25, -0.2) is 4.68 Å². The van der Waals surface area contributed by atoms with Gasteiger partial charge in [0, 0.05) is 33.3 Å². The second kappa shape index (κ2) is 8.09. The summed E-state index contributed by atoms with van der Waals surface area (Å²) in [5.41, 5.74) is 0.837. The van der Waals surface area contributed by atoms with E-state index < -0.39 is 0 Å². The molecule has 0 spiro atoms. The highest BCUT2D eigenvalue weighted by Gasteiger charge is 2.24. The van der Waals surface area contributed by atoms with Gasteiger partial charge in [0.2, 0.25) is 5.91 Å². The molecule has 0 aromatic carbocycles. The highest BCUT2D eigenvalue weighted by Crippen LogP contribution is 2.15. The van der Waals surface area contributed by atoms with E-state index in [2.05, 4.69) is 15.6 Å². The molecule has 2 rings (SSSR count). The maximum Gasteiger partial charge on any atom is 0.247 e. The first-order valence-corrected chi connectivity index (χ1v) is 7.61. The molecule has 0 radical (unpaired) electrons. The number of methoxy groups -OCH3 is 1. The Bertz CT molecular complexity index is 442. The summed E-state index contributed by atoms with van der Waals surface area (Å²) in [5, 5.41) is 11.4. The van der Waals surface area contributed by atoms with Gasteiger partial charge in [-0.3, -0.25) is 4.79 Å². The van der Waals surface area contributed by atoms with E-state index in [0.29, 0.717) is 13.2 Å². The molecule has 0 aliphatic carbocycles. The van der Waals surface area contributed by atoms with Crippen LogP contribution >= 0.6 is 0 Å². The van der Waals surface area contributed by atoms with Gasteiger partial charge in [0.25, 0.3) is 0 Å². The predicted molar refractivity (Wildman–Crippen MR) is 78.7 cm³/mol. The molecule has 1 saturated heterocycles. The normalized spacial score (nSPS) is 17.0. The number of carbonyl (C=O) groups excluding carboxylic acids is 1. The van der Waals surface area contributed by atoms with E-state index >= 15 is 0 Å². The summed E-state index contributed by atoms with van der Waals surface area (Å²) in [6.45, 7) is 5.68. The van der Waals surface area contributed by atoms with E-state index in [-0.39, 0.29) is 11.9 Å². The Morgan fingerprint density at radius 2 is 2.19 bits per heavy atom. The molecular formula is C14H25N5O2. The topological polar surface area (TPSA) is 72.3 Å². The summed E-state index contributed by atoms with van der Waals surface area (Å²) in [6.07, 6.45) is 5.26. The fraction of sp³-hybridized carbons (Fsp3) is 0.786. The molecule has 1 unspecified atom stereocenters. The van der Waals surface area contributed by atoms with Crippen molar-refractivity contribution in [1.82, 2.24) is 25.2 Å². The third-order valence-electron chi connectivity index (χ3n) is 3.77. The average Bonchev–Trinajstić information content (AvgIpc) is 3.00. The lowest BCUT2D eigenvalue weighted by atomic mass is 10.1. The number of nitrogens with zero attached hydrogens (tertiary/aromatic N) is 4. The Balaban J connectivity index is 1.85. The molecule has 2 heterocycles. The van der Waals surface area contributed by atoms with Crippen molar-refractivity contribution in [2.24, 2.45) is 0 Å². The molecule has 1 amide bonds. The lowest BCUT2D eigenvalue weighted by Gasteiger charge is -2.29. The molecule has 0 bridgehead atoms. The largest absolute Gasteiger partial charge is 0.383 e. The quantitative estimate of drug-likeness (QED) is 0.745. The van der Waals surface area contributed by atoms with Gasteiger partial charge in [-0.1, -0.05) is 5.21 Å². The zero-order valence-corrected chi connectivity index (χ0v) is 12.9. The van der Waals surface area contributed by atoms with Gasteiger partial charge in [-0.2, -0.15) is 0 Å². The maximum absolute atomic E-state index is 12.4. The van der Waals surface area contributed by atoms with E-state index in [4.69, 9.17) is 4.74 Å². The molecule has 0 saturated carbocycles. The van der Waals surface area contributed by atoms with E-state index in [0.717, 1.165) is 38.2 Å². The van der Waals surface area contributed by atoms with Crippen molar-refractivity contribution in [3.05, 3.63) is 11.9 Å². The van der Waals surface area contributed by atoms with Crippen molar-refractivity contribution < 1.29 is 9.53 Å². The monoisotopic (exact) mass is 295 g/mol. The van der Waals surface area contributed by atoms with Crippen LogP contribution < -0.4 is 5.32 Å². The minimum absolute atomic E-state index is 0.137. The van der Waals surface area contributed by atoms with Gasteiger partial charge in [-0.15, -0.1) is 5.10 Å². The van der Waals surface area contributed by atoms with Crippen LogP contribution in [0.2, 0.25) is 0 Å². The number of amides is 1. The van der Waals surface area contributed by atoms with Gasteiger partial charge >= 0.3 is 0 Å². The molecule has 21 heavy (non-hydrogen) atoms. The molecule has 118 valence electrons. The number of hydrogen-bond acceptors (Lipinski definition) is 5. The molecule has 1 atom stereocenters. The van der Waals surface area contributed by atoms with Crippen molar-refractivity contribution in [1.29, 1.82) is 0 Å². The van der Waals surface area contributed by atoms with Gasteiger partial charge in [0.15, 0.2) is 0 Å². The van der Waals surface area contributed by atoms with Gasteiger partial charge in [0.1, 0.15) is 6.04 Å². The van der Waals surface area contributed by atoms with Crippen molar-refractivity contribution in [2.75, 3.05) is 33.4 Å². The standard InChI is InChI=1S/C14H25N5O2/c1-12(14(20)18-7-4-3-5-8-18)19-11-13(16-17-19)10-15-6-9-21-2/h11-12,15H,3-10H2,1-2H3. The molecule has 1 fully saturated rings. The number of carbonyl (C=O) groups is 1. The van der Waals surface area contributed by atoms with E-state index in [1.165, 1.54) is 6.42 Å². The van der Waals surface area contributed by atoms with E-state index in [1.54, 1.807) is 11.8 Å². The third-order valence-corrected chi connectivity index (χ3v) is 3.77. The first-order valence-electron chi connectivity index (χ1n) is 7.61. The minimum Gasteiger partial charge on any atom is -0.383 e. The molecule has 1 aromatic heterocycles. The summed E-state index contributed by atoms with van der Waals surface area (Å²) in [4.78, 5) is 14.3. The van der Waals surface area contributed by atoms with Crippen LogP contribution in [0.25, 0.3) is 0 Å². The molecular weight excluding hydrogens is 270 g/mol. The summed E-state index contributed by atoms with van der Waals surface area (Å²) in [5.74, 6) is 0.137. The number of rotatable bonds is 7. The second-order valence-corrected chi connectivity index (χ2v) is 5.42. The summed E-state index contributed by atoms with van der Waals surface area (Å²) in [7, 11) is 1.67. The highest BCUT2D eigenvalue weighted by molar-refractivity contribution is 5.80. The Labute approximate surface area is 125 Å². The first kappa shape index (κ1) is 15.9. The Morgan fingerprint density at radius 3 is 2.90 bits per heavy atom. The summed E-state index contributed by atoms with van der Waals surface area (Å²) < 4.78 is 6.62. The van der Waals surface area contributed by atoms with Crippen LogP contribution in [0.4, 0.5) is 0 Å². The Morgan fingerprint density at radius 1 is 1.43 bits per heavy atom. The minimum atomic E-state index is -0.289. The van der Waals surface area contributed by atoms with Gasteiger partial charge in [0.05, 0.1) is 18.5 Å². The zero-order valence-electron chi connectivity index (χ0n) is 12.9. The first-order chi connectivity index (χ1) is 10.2. The lowest BCUT2D eigenvalue weighted by Crippen LogP contribution is -2.39. The van der Waals surface area contributed by atoms with E-state index in [9.17, 15) is 4.79 Å². The van der Waals surface area contributed by atoms with Crippen LogP contribution in [0, 0.1) is 0 Å². The van der Waals surface area contributed by atoms with Crippen molar-refractivity contribution in [2.45, 2.75) is 38.8 Å². The molecule has 1 aromatic rings. The summed E-state index contributed by atoms with van der Waals surface area (Å²) in [6, 6.07) is -0.289. The van der Waals surface area contributed by atoms with Crippen molar-refractivity contribution in [3.8, 4) is 0 Å². The number of likely N-dealkylation sites (tertiary alicyclic amines) is 1. The van der Waals surface area contributed by atoms with Crippen LogP contribution in [0.15, 0.2) is 6.20 Å². The van der Waals surface area contributed by atoms with Crippen LogP contribution in [0.3, 0.4) is 0 Å². The molecule has 1 aliphatic rings. The highest BCUT2D eigenvalue weighted by atomic mass is 16.5. The molecule has 7 heteroatoms. The summed E-state index contributed by atoms with van der Waals surface area (Å²) >= 11 is 0. The number of hydrogen-bond donors (Lipinski definition) is 1. The second-order valence-electron chi connectivity index (χ2n) is 5.42. The SMILES string of the molecule is COCCNCc1cn(C(C)C(=O)N2CCCCC2)nn1. The third kappa shape index (κ3) is 4.50. The van der Waals surface area contributed by atoms with Gasteiger partial charge < -0.3 is 15.0 Å². The average molecular weight is 295 g/mol. The lowest BCUT2D eigenvalue weighted by molar-refractivity contribution is -0.135. The number of piperidine rings is 1. The van der Waals surface area contributed by atoms with Crippen LogP contribution in [-0.2, 0) is 16.1 Å². The zero-order chi connectivity index (χ0) is 15.1. The van der Waals surface area contributed by atoms with E-state index in [1.807, 2.05) is 18.0 Å². The Kier molecular flexibility index (Phi) is 6.13. The molecule has 1 aliphatic heterocycles. The van der Waals surface area contributed by atoms with Crippen molar-refractivity contribution in [3.63, 3.8) is 0 Å². The maximum atomic E-state index is 12.4.